The largest absolute Gasteiger partial charge is 0.345 e. The number of hydrogen-bond donors (Lipinski definition) is 2. The van der Waals surface area contributed by atoms with Crippen LogP contribution >= 0.6 is 11.6 Å². The van der Waals surface area contributed by atoms with Crippen molar-refractivity contribution < 1.29 is 18.0 Å². The number of rotatable bonds is 4. The second-order valence-electron chi connectivity index (χ2n) is 6.22. The van der Waals surface area contributed by atoms with Crippen LogP contribution in [0.15, 0.2) is 29.4 Å². The number of aromatic nitrogens is 2. The lowest BCUT2D eigenvalue weighted by Crippen LogP contribution is -2.49. The average molecular weight is 435 g/mol. The first kappa shape index (κ1) is 20.5. The topological polar surface area (TPSA) is 145 Å². The zero-order valence-corrected chi connectivity index (χ0v) is 16.9. The lowest BCUT2D eigenvalue weighted by Gasteiger charge is -2.29. The zero-order valence-electron chi connectivity index (χ0n) is 15.3. The number of fused-ring (bicyclic) bond motifs is 1. The Morgan fingerprint density at radius 2 is 2.03 bits per heavy atom. The Kier molecular flexibility index (Phi) is 5.41. The Morgan fingerprint density at radius 1 is 1.38 bits per heavy atom. The van der Waals surface area contributed by atoms with Gasteiger partial charge in [0.15, 0.2) is 0 Å². The van der Waals surface area contributed by atoms with Crippen molar-refractivity contribution >= 4 is 39.2 Å². The van der Waals surface area contributed by atoms with Gasteiger partial charge in [-0.1, -0.05) is 11.6 Å². The minimum Gasteiger partial charge on any atom is -0.345 e. The molecule has 2 heterocycles. The number of hydrogen-bond acceptors (Lipinski definition) is 7. The Balaban J connectivity index is 1.80. The standard InChI is InChI=1S/C17H15ClN6O4S/c1-9-12(18)3-4-13-15(9)29(27,28)24(17(26)23-13)8-14(25)22-10(2)16-20-6-11(5-19)7-21-16/h3-4,6-7,10H,8H2,1-2H3,(H,22,25)(H,23,26)/t10-/m1/s1. The molecule has 12 heteroatoms. The second kappa shape index (κ2) is 7.65. The van der Waals surface area contributed by atoms with E-state index >= 15 is 0 Å². The minimum atomic E-state index is -4.28. The van der Waals surface area contributed by atoms with Gasteiger partial charge >= 0.3 is 6.03 Å². The molecule has 2 N–H and O–H groups in total. The molecule has 0 fully saturated rings. The van der Waals surface area contributed by atoms with Crippen LogP contribution in [-0.4, -0.2) is 41.2 Å². The van der Waals surface area contributed by atoms with Gasteiger partial charge in [0.2, 0.25) is 5.91 Å². The molecule has 150 valence electrons. The van der Waals surface area contributed by atoms with Crippen molar-refractivity contribution in [2.75, 3.05) is 11.9 Å². The summed E-state index contributed by atoms with van der Waals surface area (Å²) in [5.74, 6) is -0.497. The van der Waals surface area contributed by atoms with Gasteiger partial charge in [0, 0.05) is 17.4 Å². The second-order valence-corrected chi connectivity index (χ2v) is 8.43. The molecule has 0 aliphatic carbocycles. The van der Waals surface area contributed by atoms with Crippen molar-refractivity contribution in [1.29, 1.82) is 5.26 Å². The van der Waals surface area contributed by atoms with Gasteiger partial charge in [-0.25, -0.2) is 27.5 Å². The molecule has 0 saturated carbocycles. The third-order valence-electron chi connectivity index (χ3n) is 4.21. The van der Waals surface area contributed by atoms with Gasteiger partial charge in [-0.3, -0.25) is 4.79 Å². The van der Waals surface area contributed by atoms with Crippen LogP contribution in [0.2, 0.25) is 5.02 Å². The maximum atomic E-state index is 12.9. The predicted octanol–water partition coefficient (Wildman–Crippen LogP) is 1.72. The van der Waals surface area contributed by atoms with Gasteiger partial charge in [-0.15, -0.1) is 0 Å². The summed E-state index contributed by atoms with van der Waals surface area (Å²) in [6, 6.07) is 3.13. The molecule has 1 aliphatic rings. The van der Waals surface area contributed by atoms with Crippen molar-refractivity contribution in [2.45, 2.75) is 24.8 Å². The van der Waals surface area contributed by atoms with E-state index in [4.69, 9.17) is 16.9 Å². The number of carbonyl (C=O) groups excluding carboxylic acids is 2. The van der Waals surface area contributed by atoms with Crippen molar-refractivity contribution in [3.8, 4) is 6.07 Å². The summed E-state index contributed by atoms with van der Waals surface area (Å²) in [7, 11) is -4.28. The number of nitriles is 1. The van der Waals surface area contributed by atoms with Crippen molar-refractivity contribution in [1.82, 2.24) is 19.6 Å². The van der Waals surface area contributed by atoms with E-state index in [2.05, 4.69) is 20.6 Å². The fraction of sp³-hybridized carbons (Fsp3) is 0.235. The normalized spacial score (nSPS) is 15.7. The van der Waals surface area contributed by atoms with E-state index in [9.17, 15) is 18.0 Å². The highest BCUT2D eigenvalue weighted by atomic mass is 35.5. The van der Waals surface area contributed by atoms with Crippen LogP contribution in [0.4, 0.5) is 10.5 Å². The molecule has 0 radical (unpaired) electrons. The molecule has 0 spiro atoms. The van der Waals surface area contributed by atoms with E-state index in [1.165, 1.54) is 31.5 Å². The molecule has 29 heavy (non-hydrogen) atoms. The molecule has 0 unspecified atom stereocenters. The molecule has 0 saturated heterocycles. The molecule has 1 atom stereocenters. The fourth-order valence-corrected chi connectivity index (χ4v) is 4.63. The van der Waals surface area contributed by atoms with E-state index in [1.807, 2.05) is 6.07 Å². The number of nitrogens with zero attached hydrogens (tertiary/aromatic N) is 4. The third-order valence-corrected chi connectivity index (χ3v) is 6.54. The first-order valence-electron chi connectivity index (χ1n) is 8.29. The highest BCUT2D eigenvalue weighted by Crippen LogP contribution is 2.35. The zero-order chi connectivity index (χ0) is 21.3. The molecule has 2 aromatic rings. The first-order valence-corrected chi connectivity index (χ1v) is 10.1. The SMILES string of the molecule is Cc1c(Cl)ccc2c1S(=O)(=O)N(CC(=O)N[C@H](C)c1ncc(C#N)cn1)C(=O)N2. The van der Waals surface area contributed by atoms with Crippen LogP contribution in [0.25, 0.3) is 0 Å². The van der Waals surface area contributed by atoms with Crippen molar-refractivity contribution in [2.24, 2.45) is 0 Å². The number of anilines is 1. The van der Waals surface area contributed by atoms with Gasteiger partial charge in [-0.2, -0.15) is 5.26 Å². The summed E-state index contributed by atoms with van der Waals surface area (Å²) < 4.78 is 26.3. The number of sulfonamides is 1. The molecule has 10 nitrogen and oxygen atoms in total. The van der Waals surface area contributed by atoms with E-state index in [0.29, 0.717) is 4.31 Å². The van der Waals surface area contributed by atoms with E-state index in [-0.39, 0.29) is 32.6 Å². The van der Waals surface area contributed by atoms with Crippen LogP contribution in [0.5, 0.6) is 0 Å². The van der Waals surface area contributed by atoms with E-state index < -0.39 is 34.5 Å². The molecular weight excluding hydrogens is 420 g/mol. The summed E-state index contributed by atoms with van der Waals surface area (Å²) in [6.45, 7) is 2.36. The number of nitrogens with one attached hydrogen (secondary N) is 2. The Bertz CT molecular complexity index is 1140. The van der Waals surface area contributed by atoms with Crippen LogP contribution < -0.4 is 10.6 Å². The average Bonchev–Trinajstić information content (AvgIpc) is 2.67. The summed E-state index contributed by atoms with van der Waals surface area (Å²) in [4.78, 5) is 32.5. The van der Waals surface area contributed by atoms with Crippen molar-refractivity contribution in [3.05, 3.63) is 46.5 Å². The Morgan fingerprint density at radius 3 is 2.66 bits per heavy atom. The van der Waals surface area contributed by atoms with Crippen LogP contribution in [0.3, 0.4) is 0 Å². The predicted molar refractivity (Wildman–Crippen MR) is 102 cm³/mol. The lowest BCUT2D eigenvalue weighted by molar-refractivity contribution is -0.121. The molecule has 1 aromatic heterocycles. The van der Waals surface area contributed by atoms with Crippen molar-refractivity contribution in [3.63, 3.8) is 0 Å². The first-order chi connectivity index (χ1) is 13.6. The maximum absolute atomic E-state index is 12.9. The van der Waals surface area contributed by atoms with Gasteiger partial charge in [0.05, 0.1) is 17.3 Å². The van der Waals surface area contributed by atoms with E-state index in [0.717, 1.165) is 0 Å². The quantitative estimate of drug-likeness (QED) is 0.744. The van der Waals surface area contributed by atoms with Gasteiger partial charge in [-0.05, 0) is 31.5 Å². The number of benzene rings is 1. The smallest absolute Gasteiger partial charge is 0.336 e. The molecule has 3 rings (SSSR count). The molecule has 3 amide bonds. The number of carbonyl (C=O) groups is 2. The molecule has 0 bridgehead atoms. The number of urea groups is 1. The number of amides is 3. The molecule has 1 aromatic carbocycles. The minimum absolute atomic E-state index is 0.105. The van der Waals surface area contributed by atoms with Crippen LogP contribution in [-0.2, 0) is 14.8 Å². The Labute approximate surface area is 171 Å². The summed E-state index contributed by atoms with van der Waals surface area (Å²) in [5, 5.41) is 14.0. The van der Waals surface area contributed by atoms with Gasteiger partial charge < -0.3 is 10.6 Å². The van der Waals surface area contributed by atoms with Crippen LogP contribution in [0.1, 0.15) is 29.9 Å². The number of halogens is 1. The molecule has 1 aliphatic heterocycles. The van der Waals surface area contributed by atoms with Crippen LogP contribution in [0, 0.1) is 18.3 Å². The summed E-state index contributed by atoms with van der Waals surface area (Å²) in [6.07, 6.45) is 2.61. The fourth-order valence-electron chi connectivity index (χ4n) is 2.75. The van der Waals surface area contributed by atoms with Gasteiger partial charge in [0.1, 0.15) is 23.3 Å². The molecular formula is C17H15ClN6O4S. The summed E-state index contributed by atoms with van der Waals surface area (Å²) in [5.41, 5.74) is 0.637. The monoisotopic (exact) mass is 434 g/mol. The third kappa shape index (κ3) is 3.85. The highest BCUT2D eigenvalue weighted by molar-refractivity contribution is 7.90. The highest BCUT2D eigenvalue weighted by Gasteiger charge is 2.39. The lowest BCUT2D eigenvalue weighted by atomic mass is 10.2. The van der Waals surface area contributed by atoms with Gasteiger partial charge in [0.25, 0.3) is 10.0 Å². The van der Waals surface area contributed by atoms with E-state index in [1.54, 1.807) is 6.92 Å². The summed E-state index contributed by atoms with van der Waals surface area (Å²) >= 11 is 6.01. The Hall–Kier alpha value is -3.23. The maximum Gasteiger partial charge on any atom is 0.336 e.